The first-order chi connectivity index (χ1) is 18.8. The Morgan fingerprint density at radius 1 is 0.474 bits per heavy atom. The van der Waals surface area contributed by atoms with Gasteiger partial charge in [-0.05, 0) is 30.3 Å². The molecular weight excluding hydrogens is 532 g/mol. The summed E-state index contributed by atoms with van der Waals surface area (Å²) in [6, 6.07) is 43.4. The highest BCUT2D eigenvalue weighted by molar-refractivity contribution is 9.10. The molecule has 0 fully saturated rings. The van der Waals surface area contributed by atoms with Gasteiger partial charge in [0.25, 0.3) is 0 Å². The molecule has 2 aromatic heterocycles. The van der Waals surface area contributed by atoms with E-state index >= 15 is 0 Å². The number of hydrogen-bond donors (Lipinski definition) is 0. The van der Waals surface area contributed by atoms with Crippen LogP contribution in [-0.4, -0.2) is 19.5 Å². The Hall–Kier alpha value is -4.61. The minimum atomic E-state index is 0.640. The lowest BCUT2D eigenvalue weighted by molar-refractivity contribution is 1.07. The minimum absolute atomic E-state index is 0.640. The largest absolute Gasteiger partial charge is 0.309 e. The van der Waals surface area contributed by atoms with Crippen molar-refractivity contribution in [3.63, 3.8) is 0 Å². The highest BCUT2D eigenvalue weighted by Crippen LogP contribution is 2.37. The maximum atomic E-state index is 4.92. The number of benzene rings is 5. The molecule has 7 rings (SSSR count). The van der Waals surface area contributed by atoms with Gasteiger partial charge in [-0.15, -0.1) is 0 Å². The summed E-state index contributed by atoms with van der Waals surface area (Å²) in [4.78, 5) is 14.7. The van der Waals surface area contributed by atoms with Crippen molar-refractivity contribution in [1.82, 2.24) is 19.5 Å². The lowest BCUT2D eigenvalue weighted by Gasteiger charge is -2.11. The van der Waals surface area contributed by atoms with Gasteiger partial charge in [0.15, 0.2) is 17.5 Å². The normalized spacial score (nSPS) is 11.3. The molecular formula is C33H21BrN4. The molecule has 0 unspecified atom stereocenters. The first kappa shape index (κ1) is 22.6. The third-order valence-electron chi connectivity index (χ3n) is 6.71. The van der Waals surface area contributed by atoms with Crippen LogP contribution in [0.5, 0.6) is 0 Å². The topological polar surface area (TPSA) is 43.6 Å². The van der Waals surface area contributed by atoms with E-state index in [4.69, 9.17) is 15.0 Å². The number of nitrogens with zero attached hydrogens (tertiary/aromatic N) is 4. The molecule has 38 heavy (non-hydrogen) atoms. The second-order valence-corrected chi connectivity index (χ2v) is 9.93. The summed E-state index contributed by atoms with van der Waals surface area (Å²) >= 11 is 3.78. The monoisotopic (exact) mass is 552 g/mol. The molecule has 5 heteroatoms. The third kappa shape index (κ3) is 3.88. The fraction of sp³-hybridized carbons (Fsp3) is 0. The molecule has 0 aliphatic carbocycles. The summed E-state index contributed by atoms with van der Waals surface area (Å²) in [5.41, 5.74) is 6.18. The third-order valence-corrected chi connectivity index (χ3v) is 7.37. The highest BCUT2D eigenvalue weighted by Gasteiger charge is 2.16. The van der Waals surface area contributed by atoms with Crippen LogP contribution in [0.3, 0.4) is 0 Å². The Morgan fingerprint density at radius 3 is 1.68 bits per heavy atom. The maximum absolute atomic E-state index is 4.92. The molecule has 0 radical (unpaired) electrons. The van der Waals surface area contributed by atoms with Gasteiger partial charge in [-0.2, -0.15) is 0 Å². The quantitative estimate of drug-likeness (QED) is 0.219. The standard InChI is InChI=1S/C33H21BrN4/c34-27-18-10-20-29-30(27)26-17-7-8-19-28(26)38(29)25-16-9-15-24(21-25)33-36-31(22-11-3-1-4-12-22)35-32(37-33)23-13-5-2-6-14-23/h1-21H. The van der Waals surface area contributed by atoms with Gasteiger partial charge in [-0.25, -0.2) is 15.0 Å². The van der Waals surface area contributed by atoms with E-state index in [9.17, 15) is 0 Å². The second kappa shape index (κ2) is 9.36. The van der Waals surface area contributed by atoms with Crippen molar-refractivity contribution in [3.05, 3.63) is 132 Å². The molecule has 4 nitrogen and oxygen atoms in total. The van der Waals surface area contributed by atoms with Gasteiger partial charge in [0.05, 0.1) is 11.0 Å². The Bertz CT molecular complexity index is 1870. The molecule has 180 valence electrons. The van der Waals surface area contributed by atoms with Crippen LogP contribution in [0.2, 0.25) is 0 Å². The van der Waals surface area contributed by atoms with Crippen LogP contribution in [0.1, 0.15) is 0 Å². The van der Waals surface area contributed by atoms with Crippen LogP contribution in [0, 0.1) is 0 Å². The first-order valence-corrected chi connectivity index (χ1v) is 13.2. The summed E-state index contributed by atoms with van der Waals surface area (Å²) in [7, 11) is 0. The lowest BCUT2D eigenvalue weighted by atomic mass is 10.1. The number of aromatic nitrogens is 4. The highest BCUT2D eigenvalue weighted by atomic mass is 79.9. The van der Waals surface area contributed by atoms with Crippen LogP contribution in [0.4, 0.5) is 0 Å². The average Bonchev–Trinajstić information content (AvgIpc) is 3.33. The number of para-hydroxylation sites is 1. The summed E-state index contributed by atoms with van der Waals surface area (Å²) in [5, 5.41) is 2.41. The smallest absolute Gasteiger partial charge is 0.164 e. The Kier molecular flexibility index (Phi) is 5.56. The zero-order valence-electron chi connectivity index (χ0n) is 20.3. The zero-order chi connectivity index (χ0) is 25.5. The molecule has 0 bridgehead atoms. The molecule has 0 N–H and O–H groups in total. The van der Waals surface area contributed by atoms with Crippen LogP contribution >= 0.6 is 15.9 Å². The Labute approximate surface area is 228 Å². The maximum Gasteiger partial charge on any atom is 0.164 e. The van der Waals surface area contributed by atoms with Gasteiger partial charge in [-0.3, -0.25) is 0 Å². The van der Waals surface area contributed by atoms with Crippen molar-refractivity contribution in [2.24, 2.45) is 0 Å². The van der Waals surface area contributed by atoms with Crippen molar-refractivity contribution in [2.75, 3.05) is 0 Å². The molecule has 0 aliphatic heterocycles. The molecule has 7 aromatic rings. The van der Waals surface area contributed by atoms with Gasteiger partial charge in [-0.1, -0.05) is 113 Å². The van der Waals surface area contributed by atoms with Crippen molar-refractivity contribution >= 4 is 37.7 Å². The summed E-state index contributed by atoms with van der Waals surface area (Å²) in [6.45, 7) is 0. The molecule has 2 heterocycles. The summed E-state index contributed by atoms with van der Waals surface area (Å²) in [5.74, 6) is 1.95. The van der Waals surface area contributed by atoms with Gasteiger partial charge >= 0.3 is 0 Å². The number of rotatable bonds is 4. The minimum Gasteiger partial charge on any atom is -0.309 e. The molecule has 0 amide bonds. The molecule has 5 aromatic carbocycles. The summed E-state index contributed by atoms with van der Waals surface area (Å²) in [6.07, 6.45) is 0. The molecule has 0 spiro atoms. The Morgan fingerprint density at radius 2 is 1.00 bits per heavy atom. The number of hydrogen-bond acceptors (Lipinski definition) is 3. The second-order valence-electron chi connectivity index (χ2n) is 9.08. The van der Waals surface area contributed by atoms with Crippen LogP contribution < -0.4 is 0 Å². The van der Waals surface area contributed by atoms with Crippen LogP contribution in [-0.2, 0) is 0 Å². The van der Waals surface area contributed by atoms with E-state index in [1.165, 1.54) is 10.8 Å². The number of fused-ring (bicyclic) bond motifs is 3. The molecule has 0 saturated carbocycles. The Balaban J connectivity index is 1.44. The van der Waals surface area contributed by atoms with E-state index in [-0.39, 0.29) is 0 Å². The predicted octanol–water partition coefficient (Wildman–Crippen LogP) is 8.73. The van der Waals surface area contributed by atoms with E-state index in [1.807, 2.05) is 60.7 Å². The van der Waals surface area contributed by atoms with Gasteiger partial charge < -0.3 is 4.57 Å². The SMILES string of the molecule is Brc1cccc2c1c1ccccc1n2-c1cccc(-c2nc(-c3ccccc3)nc(-c3ccccc3)n2)c1. The zero-order valence-corrected chi connectivity index (χ0v) is 21.9. The first-order valence-electron chi connectivity index (χ1n) is 12.4. The molecule has 0 atom stereocenters. The van der Waals surface area contributed by atoms with Gasteiger partial charge in [0.1, 0.15) is 0 Å². The van der Waals surface area contributed by atoms with E-state index in [2.05, 4.69) is 87.2 Å². The van der Waals surface area contributed by atoms with Crippen LogP contribution in [0.25, 0.3) is 61.7 Å². The fourth-order valence-corrected chi connectivity index (χ4v) is 5.54. The van der Waals surface area contributed by atoms with Gasteiger partial charge in [0, 0.05) is 37.6 Å². The van der Waals surface area contributed by atoms with Crippen molar-refractivity contribution in [3.8, 4) is 39.9 Å². The van der Waals surface area contributed by atoms with E-state index < -0.39 is 0 Å². The van der Waals surface area contributed by atoms with Gasteiger partial charge in [0.2, 0.25) is 0 Å². The number of halogens is 1. The van der Waals surface area contributed by atoms with Crippen LogP contribution in [0.15, 0.2) is 132 Å². The van der Waals surface area contributed by atoms with Crippen molar-refractivity contribution in [2.45, 2.75) is 0 Å². The predicted molar refractivity (Wildman–Crippen MR) is 158 cm³/mol. The summed E-state index contributed by atoms with van der Waals surface area (Å²) < 4.78 is 3.38. The molecule has 0 aliphatic rings. The lowest BCUT2D eigenvalue weighted by Crippen LogP contribution is -2.01. The van der Waals surface area contributed by atoms with E-state index in [0.717, 1.165) is 37.9 Å². The van der Waals surface area contributed by atoms with E-state index in [1.54, 1.807) is 0 Å². The van der Waals surface area contributed by atoms with E-state index in [0.29, 0.717) is 17.5 Å². The molecule has 0 saturated heterocycles. The fourth-order valence-electron chi connectivity index (χ4n) is 4.98. The average molecular weight is 553 g/mol. The van der Waals surface area contributed by atoms with Crippen molar-refractivity contribution in [1.29, 1.82) is 0 Å². The van der Waals surface area contributed by atoms with Crippen molar-refractivity contribution < 1.29 is 0 Å².